The summed E-state index contributed by atoms with van der Waals surface area (Å²) in [5, 5.41) is 11.8. The van der Waals surface area contributed by atoms with E-state index >= 15 is 0 Å². The summed E-state index contributed by atoms with van der Waals surface area (Å²) in [5.41, 5.74) is 0.166. The van der Waals surface area contributed by atoms with E-state index in [0.29, 0.717) is 23.7 Å². The number of nitrogens with one attached hydrogen (secondary N) is 2. The van der Waals surface area contributed by atoms with Gasteiger partial charge in [0.25, 0.3) is 36.3 Å². The molecule has 0 aliphatic heterocycles. The van der Waals surface area contributed by atoms with E-state index in [4.69, 9.17) is 23.2 Å². The molecule has 49 heavy (non-hydrogen) atoms. The van der Waals surface area contributed by atoms with Crippen LogP contribution in [0.5, 0.6) is 0 Å². The third-order valence-corrected chi connectivity index (χ3v) is 9.73. The fourth-order valence-corrected chi connectivity index (χ4v) is 6.67. The van der Waals surface area contributed by atoms with Crippen molar-refractivity contribution in [2.75, 3.05) is 10.6 Å². The van der Waals surface area contributed by atoms with Crippen LogP contribution in [0.15, 0.2) is 85.6 Å². The van der Waals surface area contributed by atoms with Crippen molar-refractivity contribution < 1.29 is 48.5 Å². The summed E-state index contributed by atoms with van der Waals surface area (Å²) in [7, 11) is -15.4. The van der Waals surface area contributed by atoms with Crippen LogP contribution >= 0.6 is 23.2 Å². The molecule has 22 heteroatoms. The summed E-state index contributed by atoms with van der Waals surface area (Å²) < 4.78 is 101. The molecule has 5 aromatic rings. The minimum Gasteiger partial charge on any atom is -0.324 e. The Morgan fingerprint density at radius 1 is 0.694 bits per heavy atom. The molecule has 2 amide bonds. The number of carbonyl (C=O) groups excluding carboxylic acids is 2. The molecule has 5 rings (SSSR count). The first-order valence-electron chi connectivity index (χ1n) is 13.0. The van der Waals surface area contributed by atoms with Crippen molar-refractivity contribution in [3.8, 4) is 0 Å². The fraction of sp³-hybridized carbons (Fsp3) is 0.0370. The number of benzene rings is 4. The molecule has 0 saturated heterocycles. The van der Waals surface area contributed by atoms with Crippen LogP contribution in [-0.4, -0.2) is 60.7 Å². The summed E-state index contributed by atoms with van der Waals surface area (Å²) >= 11 is 11.8. The van der Waals surface area contributed by atoms with Gasteiger partial charge in [0.05, 0.1) is 21.6 Å². The molecule has 17 nitrogen and oxygen atoms in total. The first-order valence-corrected chi connectivity index (χ1v) is 18.1. The summed E-state index contributed by atoms with van der Waals surface area (Å²) in [6, 6.07) is 10.9. The zero-order valence-electron chi connectivity index (χ0n) is 24.2. The lowest BCUT2D eigenvalue weighted by Gasteiger charge is -2.12. The van der Waals surface area contributed by atoms with E-state index < -0.39 is 73.3 Å². The number of carbonyl (C=O) groups is 2. The van der Waals surface area contributed by atoms with Gasteiger partial charge in [-0.2, -0.15) is 25.3 Å². The molecule has 5 N–H and O–H groups in total. The molecule has 0 spiro atoms. The molecule has 0 fully saturated rings. The van der Waals surface area contributed by atoms with Gasteiger partial charge in [0.1, 0.15) is 21.2 Å². The molecule has 0 aliphatic rings. The van der Waals surface area contributed by atoms with E-state index in [2.05, 4.69) is 30.8 Å². The van der Waals surface area contributed by atoms with Gasteiger partial charge in [-0.05, 0) is 66.0 Å². The second-order valence-corrected chi connectivity index (χ2v) is 14.9. The van der Waals surface area contributed by atoms with Crippen molar-refractivity contribution in [2.24, 2.45) is 10.2 Å². The number of hydrogen-bond donors (Lipinski definition) is 5. The van der Waals surface area contributed by atoms with Crippen molar-refractivity contribution in [3.63, 3.8) is 0 Å². The molecule has 0 bridgehead atoms. The lowest BCUT2D eigenvalue weighted by Crippen LogP contribution is -2.13. The quantitative estimate of drug-likeness (QED) is 0.0971. The Hall–Kier alpha value is -4.67. The first kappa shape index (κ1) is 35.6. The van der Waals surface area contributed by atoms with Gasteiger partial charge in [0, 0.05) is 23.6 Å². The molecule has 0 aliphatic carbocycles. The normalized spacial score (nSPS) is 12.4. The zero-order chi connectivity index (χ0) is 36.1. The predicted molar refractivity (Wildman–Crippen MR) is 176 cm³/mol. The average molecular weight is 770 g/mol. The number of fused-ring (bicyclic) bond motifs is 2. The summed E-state index contributed by atoms with van der Waals surface area (Å²) in [4.78, 5) is 30.1. The maximum absolute atomic E-state index is 13.0. The lowest BCUT2D eigenvalue weighted by molar-refractivity contribution is -0.114. The molecule has 0 atom stereocenters. The number of hydrogen-bond acceptors (Lipinski definition) is 12. The van der Waals surface area contributed by atoms with Crippen molar-refractivity contribution >= 4 is 110 Å². The van der Waals surface area contributed by atoms with E-state index in [1.165, 1.54) is 36.4 Å². The highest BCUT2D eigenvalue weighted by atomic mass is 35.5. The van der Waals surface area contributed by atoms with Crippen molar-refractivity contribution in [1.82, 2.24) is 9.97 Å². The minimum atomic E-state index is -5.17. The Balaban J connectivity index is 1.56. The van der Waals surface area contributed by atoms with Gasteiger partial charge in [0.15, 0.2) is 10.3 Å². The Morgan fingerprint density at radius 2 is 1.33 bits per heavy atom. The monoisotopic (exact) mass is 768 g/mol. The van der Waals surface area contributed by atoms with Crippen molar-refractivity contribution in [1.29, 1.82) is 0 Å². The van der Waals surface area contributed by atoms with E-state index in [9.17, 15) is 48.5 Å². The molecule has 254 valence electrons. The lowest BCUT2D eigenvalue weighted by atomic mass is 10.1. The molecule has 0 radical (unpaired) electrons. The standard InChI is InChI=1S/C27H18Cl2N6O11S3/c1-12(36)30-21-9-15(31-27(37)13-2-4-18-20(7-13)33-26(29)25(28)32-18)3-5-19(21)34-35-22-11-17-14(8-24(22)49(44,45)46)6-16(47(38,39)40)10-23(17)48(41,42)43/h2-11H,1H3,(H,30,36)(H,31,37)(H,38,39,40)(H,41,42,43)(H,44,45,46). The van der Waals surface area contributed by atoms with Gasteiger partial charge >= 0.3 is 0 Å². The van der Waals surface area contributed by atoms with Crippen LogP contribution in [0.3, 0.4) is 0 Å². The van der Waals surface area contributed by atoms with E-state index in [-0.39, 0.29) is 38.4 Å². The summed E-state index contributed by atoms with van der Waals surface area (Å²) in [6.45, 7) is 1.16. The Kier molecular flexibility index (Phi) is 9.44. The molecular formula is C27H18Cl2N6O11S3. The van der Waals surface area contributed by atoms with E-state index in [1.807, 2.05) is 0 Å². The third-order valence-electron chi connectivity index (χ3n) is 6.50. The van der Waals surface area contributed by atoms with Crippen molar-refractivity contribution in [2.45, 2.75) is 21.6 Å². The highest BCUT2D eigenvalue weighted by molar-refractivity contribution is 7.87. The largest absolute Gasteiger partial charge is 0.324 e. The molecule has 0 saturated carbocycles. The summed E-state index contributed by atoms with van der Waals surface area (Å²) in [5.74, 6) is -1.18. The minimum absolute atomic E-state index is 0.0129. The molecule has 1 aromatic heterocycles. The van der Waals surface area contributed by atoms with E-state index in [0.717, 1.165) is 13.0 Å². The predicted octanol–water partition coefficient (Wildman–Crippen LogP) is 5.46. The summed E-state index contributed by atoms with van der Waals surface area (Å²) in [6.07, 6.45) is 0. The number of nitrogens with zero attached hydrogens (tertiary/aromatic N) is 4. The SMILES string of the molecule is CC(=O)Nc1cc(NC(=O)c2ccc3nc(Cl)c(Cl)nc3c2)ccc1N=Nc1cc2c(S(=O)(=O)O)cc(S(=O)(=O)O)cc2cc1S(=O)(=O)O. The van der Waals surface area contributed by atoms with Gasteiger partial charge in [-0.25, -0.2) is 9.97 Å². The first-order chi connectivity index (χ1) is 22.7. The van der Waals surface area contributed by atoms with Crippen LogP contribution in [0.1, 0.15) is 17.3 Å². The Morgan fingerprint density at radius 3 is 1.94 bits per heavy atom. The molecule has 1 heterocycles. The zero-order valence-corrected chi connectivity index (χ0v) is 28.1. The highest BCUT2D eigenvalue weighted by Crippen LogP contribution is 2.37. The topological polar surface area (TPSA) is 272 Å². The Labute approximate surface area is 286 Å². The van der Waals surface area contributed by atoms with Gasteiger partial charge in [-0.3, -0.25) is 23.2 Å². The van der Waals surface area contributed by atoms with Crippen molar-refractivity contribution in [3.05, 3.63) is 76.5 Å². The average Bonchev–Trinajstić information content (AvgIpc) is 2.98. The molecule has 4 aromatic carbocycles. The third kappa shape index (κ3) is 7.98. The second-order valence-electron chi connectivity index (χ2n) is 9.96. The van der Waals surface area contributed by atoms with Gasteiger partial charge in [-0.1, -0.05) is 23.2 Å². The van der Waals surface area contributed by atoms with Crippen LogP contribution in [-0.2, 0) is 35.1 Å². The second kappa shape index (κ2) is 13.0. The number of azo groups is 1. The van der Waals surface area contributed by atoms with Gasteiger partial charge < -0.3 is 10.6 Å². The number of aromatic nitrogens is 2. The Bertz CT molecular complexity index is 2620. The maximum atomic E-state index is 13.0. The van der Waals surface area contributed by atoms with Gasteiger partial charge in [-0.15, -0.1) is 10.2 Å². The number of anilines is 2. The highest BCUT2D eigenvalue weighted by Gasteiger charge is 2.25. The van der Waals surface area contributed by atoms with Crippen LogP contribution in [0.4, 0.5) is 22.7 Å². The smallest absolute Gasteiger partial charge is 0.296 e. The number of amides is 2. The van der Waals surface area contributed by atoms with Crippen LogP contribution < -0.4 is 10.6 Å². The fourth-order valence-electron chi connectivity index (χ4n) is 4.42. The van der Waals surface area contributed by atoms with Crippen LogP contribution in [0.2, 0.25) is 10.3 Å². The van der Waals surface area contributed by atoms with E-state index in [1.54, 1.807) is 0 Å². The molecule has 0 unspecified atom stereocenters. The number of halogens is 2. The molecular weight excluding hydrogens is 751 g/mol. The van der Waals surface area contributed by atoms with Crippen LogP contribution in [0, 0.1) is 0 Å². The maximum Gasteiger partial charge on any atom is 0.296 e. The van der Waals surface area contributed by atoms with Crippen LogP contribution in [0.25, 0.3) is 21.8 Å². The number of rotatable bonds is 8. The van der Waals surface area contributed by atoms with Gasteiger partial charge in [0.2, 0.25) is 5.91 Å².